The predicted molar refractivity (Wildman–Crippen MR) is 68.1 cm³/mol. The lowest BCUT2D eigenvalue weighted by Crippen LogP contribution is -1.98. The Labute approximate surface area is 105 Å². The molecule has 0 heterocycles. The first-order valence-corrected chi connectivity index (χ1v) is 5.50. The van der Waals surface area contributed by atoms with Crippen LogP contribution in [0.1, 0.15) is 5.56 Å². The summed E-state index contributed by atoms with van der Waals surface area (Å²) in [5, 5.41) is 0. The first kappa shape index (κ1) is 12.2. The Morgan fingerprint density at radius 3 is 2.61 bits per heavy atom. The van der Waals surface area contributed by atoms with Gasteiger partial charge in [0.1, 0.15) is 23.9 Å². The van der Waals surface area contributed by atoms with Crippen LogP contribution in [0.25, 0.3) is 0 Å². The summed E-state index contributed by atoms with van der Waals surface area (Å²) in [6.45, 7) is 0.331. The van der Waals surface area contributed by atoms with Crippen molar-refractivity contribution in [3.8, 4) is 11.5 Å². The van der Waals surface area contributed by atoms with Crippen molar-refractivity contribution in [1.82, 2.24) is 0 Å². The Morgan fingerprint density at radius 1 is 1.11 bits per heavy atom. The second-order valence-corrected chi connectivity index (χ2v) is 3.82. The third kappa shape index (κ3) is 2.91. The number of ether oxygens (including phenoxy) is 2. The molecule has 0 aliphatic heterocycles. The number of methoxy groups -OCH3 is 1. The van der Waals surface area contributed by atoms with E-state index in [0.717, 1.165) is 11.3 Å². The van der Waals surface area contributed by atoms with Crippen LogP contribution in [0.2, 0.25) is 0 Å². The summed E-state index contributed by atoms with van der Waals surface area (Å²) in [5.74, 6) is 1.00. The maximum Gasteiger partial charge on any atom is 0.146 e. The van der Waals surface area contributed by atoms with Crippen LogP contribution in [0.3, 0.4) is 0 Å². The molecule has 0 spiro atoms. The fourth-order valence-corrected chi connectivity index (χ4v) is 1.54. The summed E-state index contributed by atoms with van der Waals surface area (Å²) in [6.07, 6.45) is 0. The molecular formula is C14H14FNO2. The van der Waals surface area contributed by atoms with E-state index in [1.165, 1.54) is 6.07 Å². The van der Waals surface area contributed by atoms with Crippen molar-refractivity contribution in [2.75, 3.05) is 12.8 Å². The van der Waals surface area contributed by atoms with Crippen LogP contribution in [-0.4, -0.2) is 7.11 Å². The zero-order chi connectivity index (χ0) is 13.0. The quantitative estimate of drug-likeness (QED) is 0.845. The van der Waals surface area contributed by atoms with Crippen molar-refractivity contribution >= 4 is 5.69 Å². The first-order chi connectivity index (χ1) is 8.69. The van der Waals surface area contributed by atoms with E-state index < -0.39 is 5.82 Å². The van der Waals surface area contributed by atoms with E-state index in [0.29, 0.717) is 12.4 Å². The summed E-state index contributed by atoms with van der Waals surface area (Å²) in [6, 6.07) is 11.8. The molecule has 18 heavy (non-hydrogen) atoms. The topological polar surface area (TPSA) is 44.5 Å². The number of nitrogens with two attached hydrogens (primary N) is 1. The molecule has 0 aromatic heterocycles. The molecule has 2 aromatic rings. The molecular weight excluding hydrogens is 233 g/mol. The van der Waals surface area contributed by atoms with E-state index in [-0.39, 0.29) is 5.69 Å². The Hall–Kier alpha value is -2.23. The van der Waals surface area contributed by atoms with E-state index in [1.807, 2.05) is 18.2 Å². The minimum Gasteiger partial charge on any atom is -0.497 e. The van der Waals surface area contributed by atoms with Crippen molar-refractivity contribution in [2.45, 2.75) is 6.61 Å². The molecule has 0 saturated heterocycles. The van der Waals surface area contributed by atoms with Gasteiger partial charge in [0.2, 0.25) is 0 Å². The number of hydrogen-bond acceptors (Lipinski definition) is 3. The Kier molecular flexibility index (Phi) is 3.67. The molecule has 0 radical (unpaired) electrons. The number of hydrogen-bond donors (Lipinski definition) is 1. The minimum absolute atomic E-state index is 0.127. The molecule has 0 atom stereocenters. The lowest BCUT2D eigenvalue weighted by molar-refractivity contribution is 0.303. The monoisotopic (exact) mass is 247 g/mol. The molecule has 0 fully saturated rings. The van der Waals surface area contributed by atoms with Crippen LogP contribution < -0.4 is 15.2 Å². The van der Waals surface area contributed by atoms with Gasteiger partial charge in [0, 0.05) is 6.07 Å². The molecule has 0 saturated carbocycles. The van der Waals surface area contributed by atoms with E-state index in [4.69, 9.17) is 15.2 Å². The summed E-state index contributed by atoms with van der Waals surface area (Å²) in [5.41, 5.74) is 6.43. The van der Waals surface area contributed by atoms with Crippen LogP contribution in [-0.2, 0) is 6.61 Å². The molecule has 4 heteroatoms. The summed E-state index contributed by atoms with van der Waals surface area (Å²) in [7, 11) is 1.60. The van der Waals surface area contributed by atoms with Crippen molar-refractivity contribution < 1.29 is 13.9 Å². The molecule has 0 aliphatic rings. The van der Waals surface area contributed by atoms with Crippen LogP contribution in [0.4, 0.5) is 10.1 Å². The third-order valence-electron chi connectivity index (χ3n) is 2.51. The molecule has 0 aliphatic carbocycles. The highest BCUT2D eigenvalue weighted by Gasteiger charge is 2.01. The van der Waals surface area contributed by atoms with Gasteiger partial charge in [-0.1, -0.05) is 12.1 Å². The van der Waals surface area contributed by atoms with Gasteiger partial charge in [-0.3, -0.25) is 0 Å². The van der Waals surface area contributed by atoms with Gasteiger partial charge in [-0.05, 0) is 29.8 Å². The van der Waals surface area contributed by atoms with Crippen LogP contribution in [0, 0.1) is 5.82 Å². The number of anilines is 1. The van der Waals surface area contributed by atoms with Crippen molar-refractivity contribution in [3.63, 3.8) is 0 Å². The smallest absolute Gasteiger partial charge is 0.146 e. The Bertz CT molecular complexity index is 543. The molecule has 3 nitrogen and oxygen atoms in total. The van der Waals surface area contributed by atoms with Gasteiger partial charge in [-0.25, -0.2) is 4.39 Å². The van der Waals surface area contributed by atoms with Gasteiger partial charge in [-0.15, -0.1) is 0 Å². The Morgan fingerprint density at radius 2 is 1.89 bits per heavy atom. The zero-order valence-electron chi connectivity index (χ0n) is 10.0. The van der Waals surface area contributed by atoms with Crippen molar-refractivity contribution in [3.05, 3.63) is 53.8 Å². The maximum atomic E-state index is 13.0. The number of halogens is 1. The van der Waals surface area contributed by atoms with Gasteiger partial charge >= 0.3 is 0 Å². The predicted octanol–water partition coefficient (Wildman–Crippen LogP) is 3.00. The van der Waals surface area contributed by atoms with E-state index in [1.54, 1.807) is 25.3 Å². The van der Waals surface area contributed by atoms with Crippen LogP contribution in [0.5, 0.6) is 11.5 Å². The normalized spacial score (nSPS) is 10.1. The number of nitrogen functional groups attached to an aromatic ring is 1. The lowest BCUT2D eigenvalue weighted by atomic mass is 10.2. The van der Waals surface area contributed by atoms with E-state index in [2.05, 4.69) is 0 Å². The Balaban J connectivity index is 2.04. The van der Waals surface area contributed by atoms with Crippen LogP contribution in [0.15, 0.2) is 42.5 Å². The molecule has 0 amide bonds. The van der Waals surface area contributed by atoms with Gasteiger partial charge < -0.3 is 15.2 Å². The van der Waals surface area contributed by atoms with E-state index in [9.17, 15) is 4.39 Å². The molecule has 0 bridgehead atoms. The highest BCUT2D eigenvalue weighted by molar-refractivity contribution is 5.42. The molecule has 2 N–H and O–H groups in total. The average molecular weight is 247 g/mol. The van der Waals surface area contributed by atoms with Crippen LogP contribution >= 0.6 is 0 Å². The summed E-state index contributed by atoms with van der Waals surface area (Å²) < 4.78 is 23.6. The summed E-state index contributed by atoms with van der Waals surface area (Å²) >= 11 is 0. The van der Waals surface area contributed by atoms with Gasteiger partial charge in [0.25, 0.3) is 0 Å². The summed E-state index contributed by atoms with van der Waals surface area (Å²) in [4.78, 5) is 0. The second-order valence-electron chi connectivity index (χ2n) is 3.82. The first-order valence-electron chi connectivity index (χ1n) is 5.50. The average Bonchev–Trinajstić information content (AvgIpc) is 2.40. The molecule has 2 aromatic carbocycles. The fourth-order valence-electron chi connectivity index (χ4n) is 1.54. The number of benzene rings is 2. The molecule has 2 rings (SSSR count). The van der Waals surface area contributed by atoms with Gasteiger partial charge in [0.05, 0.1) is 12.8 Å². The van der Waals surface area contributed by atoms with E-state index >= 15 is 0 Å². The highest BCUT2D eigenvalue weighted by Crippen LogP contribution is 2.20. The second kappa shape index (κ2) is 5.40. The fraction of sp³-hybridized carbons (Fsp3) is 0.143. The molecule has 94 valence electrons. The number of rotatable bonds is 4. The van der Waals surface area contributed by atoms with Gasteiger partial charge in [0.15, 0.2) is 0 Å². The maximum absolute atomic E-state index is 13.0. The highest BCUT2D eigenvalue weighted by atomic mass is 19.1. The SMILES string of the molecule is COc1cccc(OCc2ccc(F)c(N)c2)c1. The lowest BCUT2D eigenvalue weighted by Gasteiger charge is -2.08. The third-order valence-corrected chi connectivity index (χ3v) is 2.51. The van der Waals surface area contributed by atoms with Crippen molar-refractivity contribution in [2.24, 2.45) is 0 Å². The largest absolute Gasteiger partial charge is 0.497 e. The van der Waals surface area contributed by atoms with Gasteiger partial charge in [-0.2, -0.15) is 0 Å². The van der Waals surface area contributed by atoms with Crippen molar-refractivity contribution in [1.29, 1.82) is 0 Å². The standard InChI is InChI=1S/C14H14FNO2/c1-17-11-3-2-4-12(8-11)18-9-10-5-6-13(15)14(16)7-10/h2-8H,9,16H2,1H3. The minimum atomic E-state index is -0.417. The zero-order valence-corrected chi connectivity index (χ0v) is 10.0. The molecule has 0 unspecified atom stereocenters.